The van der Waals surface area contributed by atoms with Gasteiger partial charge in [-0.3, -0.25) is 4.79 Å². The van der Waals surface area contributed by atoms with E-state index in [0.29, 0.717) is 16.9 Å². The van der Waals surface area contributed by atoms with Crippen LogP contribution in [0.4, 0.5) is 0 Å². The van der Waals surface area contributed by atoms with Gasteiger partial charge in [-0.25, -0.2) is 0 Å². The summed E-state index contributed by atoms with van der Waals surface area (Å²) in [5.41, 5.74) is -0.686. The van der Waals surface area contributed by atoms with Crippen molar-refractivity contribution < 1.29 is 9.90 Å². The Labute approximate surface area is 96.0 Å². The summed E-state index contributed by atoms with van der Waals surface area (Å²) in [6, 6.07) is 0. The first kappa shape index (κ1) is 12.8. The van der Waals surface area contributed by atoms with E-state index in [0.717, 1.165) is 19.3 Å². The van der Waals surface area contributed by atoms with Crippen molar-refractivity contribution in [2.45, 2.75) is 43.9 Å². The highest BCUT2D eigenvalue weighted by Gasteiger charge is 2.50. The number of hydrogen-bond donors (Lipinski definition) is 2. The molecule has 0 aliphatic heterocycles. The van der Waals surface area contributed by atoms with Crippen molar-refractivity contribution in [3.8, 4) is 0 Å². The van der Waals surface area contributed by atoms with Crippen molar-refractivity contribution in [1.82, 2.24) is 5.32 Å². The van der Waals surface area contributed by atoms with Gasteiger partial charge in [-0.2, -0.15) is 11.8 Å². The predicted molar refractivity (Wildman–Crippen MR) is 64.4 cm³/mol. The summed E-state index contributed by atoms with van der Waals surface area (Å²) in [6.07, 6.45) is 3.19. The van der Waals surface area contributed by atoms with E-state index in [1.165, 1.54) is 0 Å². The monoisotopic (exact) mass is 231 g/mol. The van der Waals surface area contributed by atoms with Crippen LogP contribution in [0.3, 0.4) is 0 Å². The lowest BCUT2D eigenvalue weighted by molar-refractivity contribution is -0.144. The molecule has 2 N–H and O–H groups in total. The molecule has 3 nitrogen and oxygen atoms in total. The van der Waals surface area contributed by atoms with Crippen LogP contribution in [0.1, 0.15) is 33.1 Å². The standard InChI is InChI=1S/C11H21NO2S/c1-4-8(2)15-7-11(12-3,10(13)14)9-5-6-9/h8-9,12H,4-7H2,1-3H3,(H,13,14). The van der Waals surface area contributed by atoms with Crippen molar-refractivity contribution in [2.24, 2.45) is 5.92 Å². The smallest absolute Gasteiger partial charge is 0.325 e. The van der Waals surface area contributed by atoms with E-state index in [4.69, 9.17) is 0 Å². The minimum atomic E-state index is -0.691. The highest BCUT2D eigenvalue weighted by Crippen LogP contribution is 2.42. The summed E-state index contributed by atoms with van der Waals surface area (Å²) in [7, 11) is 1.77. The number of carbonyl (C=O) groups is 1. The lowest BCUT2D eigenvalue weighted by Gasteiger charge is -2.29. The van der Waals surface area contributed by atoms with Crippen LogP contribution in [-0.4, -0.2) is 34.7 Å². The Morgan fingerprint density at radius 3 is 2.60 bits per heavy atom. The number of thioether (sulfide) groups is 1. The van der Waals surface area contributed by atoms with E-state index in [-0.39, 0.29) is 0 Å². The number of hydrogen-bond acceptors (Lipinski definition) is 3. The van der Waals surface area contributed by atoms with Crippen LogP contribution in [0.15, 0.2) is 0 Å². The van der Waals surface area contributed by atoms with Gasteiger partial charge in [-0.15, -0.1) is 0 Å². The van der Waals surface area contributed by atoms with E-state index >= 15 is 0 Å². The first-order chi connectivity index (χ1) is 7.06. The SMILES string of the molecule is CCC(C)SCC(NC)(C(=O)O)C1CC1. The van der Waals surface area contributed by atoms with Crippen molar-refractivity contribution in [3.05, 3.63) is 0 Å². The molecule has 1 aliphatic carbocycles. The molecule has 0 amide bonds. The lowest BCUT2D eigenvalue weighted by Crippen LogP contribution is -2.54. The molecule has 0 saturated heterocycles. The Hall–Kier alpha value is -0.220. The highest BCUT2D eigenvalue weighted by atomic mass is 32.2. The number of rotatable bonds is 7. The fourth-order valence-corrected chi connectivity index (χ4v) is 2.99. The zero-order chi connectivity index (χ0) is 11.5. The first-order valence-electron chi connectivity index (χ1n) is 5.60. The minimum Gasteiger partial charge on any atom is -0.480 e. The van der Waals surface area contributed by atoms with Crippen molar-refractivity contribution in [1.29, 1.82) is 0 Å². The molecule has 0 spiro atoms. The van der Waals surface area contributed by atoms with Crippen LogP contribution in [0.25, 0.3) is 0 Å². The van der Waals surface area contributed by atoms with Gasteiger partial charge in [0, 0.05) is 11.0 Å². The van der Waals surface area contributed by atoms with Gasteiger partial charge in [0.05, 0.1) is 0 Å². The van der Waals surface area contributed by atoms with Gasteiger partial charge in [0.15, 0.2) is 0 Å². The number of nitrogens with one attached hydrogen (secondary N) is 1. The Bertz CT molecular complexity index is 231. The van der Waals surface area contributed by atoms with Crippen LogP contribution >= 0.6 is 11.8 Å². The van der Waals surface area contributed by atoms with Gasteiger partial charge in [0.25, 0.3) is 0 Å². The average Bonchev–Trinajstić information content (AvgIpc) is 3.03. The largest absolute Gasteiger partial charge is 0.480 e. The van der Waals surface area contributed by atoms with Crippen LogP contribution in [0, 0.1) is 5.92 Å². The normalized spacial score (nSPS) is 22.1. The van der Waals surface area contributed by atoms with Crippen LogP contribution < -0.4 is 5.32 Å². The van der Waals surface area contributed by atoms with Crippen molar-refractivity contribution in [2.75, 3.05) is 12.8 Å². The van der Waals surface area contributed by atoms with Crippen molar-refractivity contribution in [3.63, 3.8) is 0 Å². The predicted octanol–water partition coefficient (Wildman–Crippen LogP) is 1.97. The maximum atomic E-state index is 11.4. The molecule has 1 fully saturated rings. The maximum absolute atomic E-state index is 11.4. The molecule has 2 unspecified atom stereocenters. The second-order valence-electron chi connectivity index (χ2n) is 4.33. The second-order valence-corrected chi connectivity index (χ2v) is 5.76. The molecule has 0 bridgehead atoms. The van der Waals surface area contributed by atoms with E-state index in [9.17, 15) is 9.90 Å². The third-order valence-corrected chi connectivity index (χ3v) is 4.80. The molecule has 88 valence electrons. The Kier molecular flexibility index (Phi) is 4.46. The summed E-state index contributed by atoms with van der Waals surface area (Å²) < 4.78 is 0. The number of carboxylic acids is 1. The molecule has 2 atom stereocenters. The number of carboxylic acid groups (broad SMARTS) is 1. The maximum Gasteiger partial charge on any atom is 0.325 e. The molecule has 0 radical (unpaired) electrons. The Balaban J connectivity index is 2.59. The summed E-state index contributed by atoms with van der Waals surface area (Å²) in [5.74, 6) is 0.318. The minimum absolute atomic E-state index is 0.330. The molecule has 0 heterocycles. The lowest BCUT2D eigenvalue weighted by atomic mass is 9.96. The van der Waals surface area contributed by atoms with Gasteiger partial charge in [0.2, 0.25) is 0 Å². The van der Waals surface area contributed by atoms with E-state index in [2.05, 4.69) is 19.2 Å². The van der Waals surface area contributed by atoms with E-state index in [1.807, 2.05) is 0 Å². The van der Waals surface area contributed by atoms with Gasteiger partial charge in [-0.05, 0) is 32.2 Å². The molecule has 0 aromatic rings. The Morgan fingerprint density at radius 1 is 1.67 bits per heavy atom. The summed E-state index contributed by atoms with van der Waals surface area (Å²) >= 11 is 1.76. The van der Waals surface area contributed by atoms with Crippen molar-refractivity contribution >= 4 is 17.7 Å². The summed E-state index contributed by atoms with van der Waals surface area (Å²) in [4.78, 5) is 11.4. The Morgan fingerprint density at radius 2 is 2.27 bits per heavy atom. The van der Waals surface area contributed by atoms with Gasteiger partial charge >= 0.3 is 5.97 Å². The summed E-state index contributed by atoms with van der Waals surface area (Å²) in [5, 5.41) is 12.9. The topological polar surface area (TPSA) is 49.3 Å². The van der Waals surface area contributed by atoms with Crippen LogP contribution in [-0.2, 0) is 4.79 Å². The molecule has 0 aromatic heterocycles. The molecule has 0 aromatic carbocycles. The van der Waals surface area contributed by atoms with Gasteiger partial charge in [-0.1, -0.05) is 13.8 Å². The third-order valence-electron chi connectivity index (χ3n) is 3.27. The second kappa shape index (κ2) is 5.21. The zero-order valence-corrected chi connectivity index (χ0v) is 10.6. The zero-order valence-electron chi connectivity index (χ0n) is 9.75. The fourth-order valence-electron chi connectivity index (χ4n) is 1.71. The highest BCUT2D eigenvalue weighted by molar-refractivity contribution is 8.00. The van der Waals surface area contributed by atoms with Crippen LogP contribution in [0.2, 0.25) is 0 Å². The first-order valence-corrected chi connectivity index (χ1v) is 6.65. The quantitative estimate of drug-likeness (QED) is 0.703. The fraction of sp³-hybridized carbons (Fsp3) is 0.909. The van der Waals surface area contributed by atoms with Gasteiger partial charge in [0.1, 0.15) is 5.54 Å². The molecule has 1 rings (SSSR count). The molecular formula is C11H21NO2S. The summed E-state index contributed by atoms with van der Waals surface area (Å²) in [6.45, 7) is 4.29. The third kappa shape index (κ3) is 2.88. The van der Waals surface area contributed by atoms with E-state index in [1.54, 1.807) is 18.8 Å². The molecule has 1 saturated carbocycles. The molecule has 4 heteroatoms. The average molecular weight is 231 g/mol. The number of aliphatic carboxylic acids is 1. The molecule has 15 heavy (non-hydrogen) atoms. The van der Waals surface area contributed by atoms with E-state index < -0.39 is 11.5 Å². The van der Waals surface area contributed by atoms with Gasteiger partial charge < -0.3 is 10.4 Å². The molecule has 1 aliphatic rings. The molecular weight excluding hydrogens is 210 g/mol. The number of likely N-dealkylation sites (N-methyl/N-ethyl adjacent to an activating group) is 1. The van der Waals surface area contributed by atoms with Crippen LogP contribution in [0.5, 0.6) is 0 Å².